The van der Waals surface area contributed by atoms with Gasteiger partial charge < -0.3 is 20.1 Å². The van der Waals surface area contributed by atoms with Gasteiger partial charge in [0, 0.05) is 37.7 Å². The zero-order valence-corrected chi connectivity index (χ0v) is 14.0. The highest BCUT2D eigenvalue weighted by Crippen LogP contribution is 2.35. The quantitative estimate of drug-likeness (QED) is 0.626. The Morgan fingerprint density at radius 2 is 2.18 bits per heavy atom. The van der Waals surface area contributed by atoms with Gasteiger partial charge in [0.05, 0.1) is 6.61 Å². The Morgan fingerprint density at radius 1 is 1.36 bits per heavy atom. The molecule has 1 aliphatic rings. The fourth-order valence-electron chi connectivity index (χ4n) is 2.55. The molecule has 0 bridgehead atoms. The van der Waals surface area contributed by atoms with Crippen molar-refractivity contribution in [1.82, 2.24) is 10.6 Å². The van der Waals surface area contributed by atoms with Crippen LogP contribution >= 0.6 is 0 Å². The summed E-state index contributed by atoms with van der Waals surface area (Å²) in [6.07, 6.45) is 2.25. The second kappa shape index (κ2) is 7.92. The first-order chi connectivity index (χ1) is 10.7. The number of benzene rings is 1. The van der Waals surface area contributed by atoms with Crippen molar-refractivity contribution in [3.63, 3.8) is 0 Å². The molecule has 0 saturated carbocycles. The lowest BCUT2D eigenvalue weighted by Crippen LogP contribution is -2.37. The molecule has 0 aromatic heterocycles. The molecule has 0 radical (unpaired) electrons. The van der Waals surface area contributed by atoms with Crippen LogP contribution in [-0.4, -0.2) is 32.3 Å². The number of rotatable bonds is 6. The molecular formula is C17H27N3O2. The maximum atomic E-state index is 5.85. The van der Waals surface area contributed by atoms with E-state index in [1.54, 1.807) is 7.05 Å². The number of hydrogen-bond acceptors (Lipinski definition) is 3. The van der Waals surface area contributed by atoms with Crippen molar-refractivity contribution in [1.29, 1.82) is 0 Å². The molecule has 1 unspecified atom stereocenters. The highest BCUT2D eigenvalue weighted by Gasteiger charge is 2.21. The summed E-state index contributed by atoms with van der Waals surface area (Å²) < 4.78 is 11.6. The Hall–Kier alpha value is -1.91. The Balaban J connectivity index is 2.10. The lowest BCUT2D eigenvalue weighted by Gasteiger charge is -2.15. The van der Waals surface area contributed by atoms with Crippen LogP contribution in [0.3, 0.4) is 0 Å². The smallest absolute Gasteiger partial charge is 0.191 e. The Kier molecular flexibility index (Phi) is 5.92. The molecule has 5 nitrogen and oxygen atoms in total. The standard InChI is InChI=1S/C17H27N3O2/c1-5-7-19-17(18-4)20-11-14-10-16-13(8-12(3)22-16)9-15(14)21-6-2/h9-10,12H,5-8,11H2,1-4H3,(H2,18,19,20). The minimum atomic E-state index is 0.242. The molecule has 0 aliphatic carbocycles. The minimum absolute atomic E-state index is 0.242. The molecule has 0 spiro atoms. The number of nitrogens with zero attached hydrogens (tertiary/aromatic N) is 1. The molecule has 2 rings (SSSR count). The third kappa shape index (κ3) is 4.06. The van der Waals surface area contributed by atoms with Crippen LogP contribution in [0.4, 0.5) is 0 Å². The molecule has 5 heteroatoms. The van der Waals surface area contributed by atoms with Gasteiger partial charge in [0.1, 0.15) is 17.6 Å². The second-order valence-corrected chi connectivity index (χ2v) is 5.49. The summed E-state index contributed by atoms with van der Waals surface area (Å²) in [6, 6.07) is 4.20. The van der Waals surface area contributed by atoms with E-state index in [0.717, 1.165) is 42.4 Å². The summed E-state index contributed by atoms with van der Waals surface area (Å²) in [4.78, 5) is 4.22. The first kappa shape index (κ1) is 16.5. The molecule has 1 aliphatic heterocycles. The van der Waals surface area contributed by atoms with Gasteiger partial charge in [-0.15, -0.1) is 0 Å². The molecular weight excluding hydrogens is 278 g/mol. The van der Waals surface area contributed by atoms with Gasteiger partial charge in [-0.05, 0) is 32.4 Å². The highest BCUT2D eigenvalue weighted by molar-refractivity contribution is 5.79. The molecule has 0 saturated heterocycles. The molecule has 1 heterocycles. The van der Waals surface area contributed by atoms with Crippen LogP contribution in [0.15, 0.2) is 17.1 Å². The van der Waals surface area contributed by atoms with Gasteiger partial charge in [-0.3, -0.25) is 4.99 Å². The minimum Gasteiger partial charge on any atom is -0.494 e. The predicted molar refractivity (Wildman–Crippen MR) is 89.9 cm³/mol. The summed E-state index contributed by atoms with van der Waals surface area (Å²) in [5, 5.41) is 6.59. The largest absolute Gasteiger partial charge is 0.494 e. The van der Waals surface area contributed by atoms with Crippen molar-refractivity contribution in [3.05, 3.63) is 23.3 Å². The lowest BCUT2D eigenvalue weighted by atomic mass is 10.1. The van der Waals surface area contributed by atoms with Crippen molar-refractivity contribution in [2.45, 2.75) is 46.3 Å². The zero-order chi connectivity index (χ0) is 15.9. The summed E-state index contributed by atoms with van der Waals surface area (Å²) in [5.41, 5.74) is 2.32. The number of fused-ring (bicyclic) bond motifs is 1. The fraction of sp³-hybridized carbons (Fsp3) is 0.588. The van der Waals surface area contributed by atoms with Crippen LogP contribution in [0.2, 0.25) is 0 Å². The maximum Gasteiger partial charge on any atom is 0.191 e. The van der Waals surface area contributed by atoms with E-state index in [2.05, 4.69) is 41.6 Å². The van der Waals surface area contributed by atoms with Gasteiger partial charge in [0.25, 0.3) is 0 Å². The summed E-state index contributed by atoms with van der Waals surface area (Å²) in [6.45, 7) is 8.45. The van der Waals surface area contributed by atoms with Crippen molar-refractivity contribution in [2.24, 2.45) is 4.99 Å². The molecule has 122 valence electrons. The average Bonchev–Trinajstić information content (AvgIpc) is 2.86. The Bertz CT molecular complexity index is 529. The molecule has 2 N–H and O–H groups in total. The van der Waals surface area contributed by atoms with Crippen molar-refractivity contribution in [3.8, 4) is 11.5 Å². The van der Waals surface area contributed by atoms with Crippen LogP contribution in [0.25, 0.3) is 0 Å². The van der Waals surface area contributed by atoms with E-state index in [1.807, 2.05) is 6.92 Å². The molecule has 1 atom stereocenters. The van der Waals surface area contributed by atoms with Crippen molar-refractivity contribution in [2.75, 3.05) is 20.2 Å². The fourth-order valence-corrected chi connectivity index (χ4v) is 2.55. The van der Waals surface area contributed by atoms with E-state index < -0.39 is 0 Å². The van der Waals surface area contributed by atoms with Gasteiger partial charge in [-0.1, -0.05) is 6.92 Å². The normalized spacial score (nSPS) is 16.9. The van der Waals surface area contributed by atoms with Crippen LogP contribution in [-0.2, 0) is 13.0 Å². The monoisotopic (exact) mass is 305 g/mol. The lowest BCUT2D eigenvalue weighted by molar-refractivity contribution is 0.254. The third-order valence-corrected chi connectivity index (χ3v) is 3.59. The first-order valence-corrected chi connectivity index (χ1v) is 8.07. The molecule has 0 amide bonds. The zero-order valence-electron chi connectivity index (χ0n) is 14.0. The first-order valence-electron chi connectivity index (χ1n) is 8.07. The summed E-state index contributed by atoms with van der Waals surface area (Å²) >= 11 is 0. The summed E-state index contributed by atoms with van der Waals surface area (Å²) in [7, 11) is 1.78. The SMILES string of the molecule is CCCNC(=NC)NCc1cc2c(cc1OCC)CC(C)O2. The van der Waals surface area contributed by atoms with E-state index in [4.69, 9.17) is 9.47 Å². The average molecular weight is 305 g/mol. The van der Waals surface area contributed by atoms with Gasteiger partial charge in [0.2, 0.25) is 0 Å². The van der Waals surface area contributed by atoms with Crippen LogP contribution in [0.1, 0.15) is 38.3 Å². The van der Waals surface area contributed by atoms with E-state index in [-0.39, 0.29) is 6.10 Å². The van der Waals surface area contributed by atoms with Gasteiger partial charge in [0.15, 0.2) is 5.96 Å². The number of aliphatic imine (C=N–C) groups is 1. The number of ether oxygens (including phenoxy) is 2. The predicted octanol–water partition coefficient (Wildman–Crippen LogP) is 2.48. The number of hydrogen-bond donors (Lipinski definition) is 2. The van der Waals surface area contributed by atoms with E-state index in [0.29, 0.717) is 13.2 Å². The topological polar surface area (TPSA) is 54.9 Å². The maximum absolute atomic E-state index is 5.85. The van der Waals surface area contributed by atoms with Crippen molar-refractivity contribution < 1.29 is 9.47 Å². The molecule has 22 heavy (non-hydrogen) atoms. The number of nitrogens with one attached hydrogen (secondary N) is 2. The van der Waals surface area contributed by atoms with Gasteiger partial charge in [-0.25, -0.2) is 0 Å². The second-order valence-electron chi connectivity index (χ2n) is 5.49. The molecule has 0 fully saturated rings. The van der Waals surface area contributed by atoms with E-state index in [1.165, 1.54) is 5.56 Å². The van der Waals surface area contributed by atoms with Crippen LogP contribution in [0, 0.1) is 0 Å². The Morgan fingerprint density at radius 3 is 2.86 bits per heavy atom. The van der Waals surface area contributed by atoms with Crippen LogP contribution < -0.4 is 20.1 Å². The summed E-state index contributed by atoms with van der Waals surface area (Å²) in [5.74, 6) is 2.71. The van der Waals surface area contributed by atoms with E-state index in [9.17, 15) is 0 Å². The number of guanidine groups is 1. The van der Waals surface area contributed by atoms with Gasteiger partial charge in [-0.2, -0.15) is 0 Å². The van der Waals surface area contributed by atoms with Crippen LogP contribution in [0.5, 0.6) is 11.5 Å². The Labute approximate surface area is 133 Å². The molecule has 1 aromatic rings. The highest BCUT2D eigenvalue weighted by atomic mass is 16.5. The van der Waals surface area contributed by atoms with Crippen molar-refractivity contribution >= 4 is 5.96 Å². The third-order valence-electron chi connectivity index (χ3n) is 3.59. The van der Waals surface area contributed by atoms with Gasteiger partial charge >= 0.3 is 0 Å². The van der Waals surface area contributed by atoms with E-state index >= 15 is 0 Å². The molecule has 1 aromatic carbocycles.